The van der Waals surface area contributed by atoms with E-state index in [-0.39, 0.29) is 35.2 Å². The molecule has 1 aromatic carbocycles. The molecular formula is C19H20FN3O6S. The van der Waals surface area contributed by atoms with Crippen LogP contribution in [-0.2, 0) is 9.84 Å². The number of methoxy groups -OCH3 is 1. The third-order valence-corrected chi connectivity index (χ3v) is 5.32. The molecule has 1 atom stereocenters. The molecule has 1 aliphatic heterocycles. The zero-order chi connectivity index (χ0) is 24.7. The summed E-state index contributed by atoms with van der Waals surface area (Å²) in [6.07, 6.45) is 0.892. The number of fused-ring (bicyclic) bond motifs is 1. The van der Waals surface area contributed by atoms with Gasteiger partial charge < -0.3 is 15.2 Å². The molecule has 3 rings (SSSR count). The lowest BCUT2D eigenvalue weighted by Gasteiger charge is -2.25. The van der Waals surface area contributed by atoms with Crippen LogP contribution in [0, 0.1) is 5.82 Å². The molecule has 0 aliphatic carbocycles. The summed E-state index contributed by atoms with van der Waals surface area (Å²) in [6.45, 7) is 1.65. The number of halogens is 1. The Morgan fingerprint density at radius 1 is 1.23 bits per heavy atom. The van der Waals surface area contributed by atoms with Crippen molar-refractivity contribution in [2.24, 2.45) is 0 Å². The maximum Gasteiger partial charge on any atom is 0.265 e. The molecular weight excluding hydrogens is 417 g/mol. The summed E-state index contributed by atoms with van der Waals surface area (Å²) in [5.41, 5.74) is 4.58. The minimum Gasteiger partial charge on any atom is -0.491 e. The van der Waals surface area contributed by atoms with Crippen LogP contribution in [-0.4, -0.2) is 55.8 Å². The van der Waals surface area contributed by atoms with Crippen LogP contribution in [0.15, 0.2) is 24.3 Å². The van der Waals surface area contributed by atoms with Crippen molar-refractivity contribution in [3.8, 4) is 11.6 Å². The largest absolute Gasteiger partial charge is 0.491 e. The van der Waals surface area contributed by atoms with Crippen molar-refractivity contribution in [2.75, 3.05) is 31.4 Å². The molecule has 2 N–H and O–H groups in total. The molecule has 30 heavy (non-hydrogen) atoms. The Morgan fingerprint density at radius 3 is 2.53 bits per heavy atom. The second kappa shape index (κ2) is 7.90. The molecule has 11 heteroatoms. The fraction of sp³-hybridized carbons (Fsp3) is 0.316. The van der Waals surface area contributed by atoms with Crippen molar-refractivity contribution in [3.63, 3.8) is 0 Å². The molecule has 1 aromatic heterocycles. The highest BCUT2D eigenvalue weighted by molar-refractivity contribution is 7.90. The topological polar surface area (TPSA) is 129 Å². The highest BCUT2D eigenvalue weighted by Gasteiger charge is 2.45. The minimum absolute atomic E-state index is 0.0549. The smallest absolute Gasteiger partial charge is 0.265 e. The van der Waals surface area contributed by atoms with E-state index in [0.717, 1.165) is 18.4 Å². The van der Waals surface area contributed by atoms with Crippen LogP contribution in [0.3, 0.4) is 0 Å². The normalized spacial score (nSPS) is 16.5. The van der Waals surface area contributed by atoms with Crippen molar-refractivity contribution >= 4 is 27.3 Å². The van der Waals surface area contributed by atoms with Crippen molar-refractivity contribution < 1.29 is 36.0 Å². The number of ether oxygens (including phenoxy) is 2. The van der Waals surface area contributed by atoms with Gasteiger partial charge in [0.15, 0.2) is 5.75 Å². The number of carbonyl (C=O) groups excluding carboxylic acids is 2. The average Bonchev–Trinajstić information content (AvgIpc) is 2.94. The van der Waals surface area contributed by atoms with Crippen LogP contribution >= 0.6 is 0 Å². The van der Waals surface area contributed by atoms with E-state index in [1.165, 1.54) is 12.1 Å². The molecule has 0 radical (unpaired) electrons. The first-order valence-electron chi connectivity index (χ1n) is 10.2. The van der Waals surface area contributed by atoms with E-state index in [9.17, 15) is 22.4 Å². The molecule has 0 fully saturated rings. The first-order chi connectivity index (χ1) is 15.2. The summed E-state index contributed by atoms with van der Waals surface area (Å²) in [7, 11) is -6.62. The summed E-state index contributed by atoms with van der Waals surface area (Å²) in [6, 6.07) is 2.94. The van der Waals surface area contributed by atoms with Crippen molar-refractivity contribution in [1.29, 1.82) is 0 Å². The third kappa shape index (κ3) is 3.80. The standard InChI is InChI=1S/C19H20FN3O6S/c1-4-29-17-14(28-2)8-7-12(22-17)13(9-30(3,26)27)23-18(24)15-10(20)5-6-11(21)16(15)19(23)25/h5-8,13H,4,9,21H2,1-3H3/t13-/m1/s1/i2D3. The van der Waals surface area contributed by atoms with E-state index in [2.05, 4.69) is 4.98 Å². The molecule has 0 spiro atoms. The summed E-state index contributed by atoms with van der Waals surface area (Å²) >= 11 is 0. The molecule has 0 unspecified atom stereocenters. The molecule has 2 amide bonds. The van der Waals surface area contributed by atoms with Gasteiger partial charge >= 0.3 is 0 Å². The number of pyridine rings is 1. The second-order valence-corrected chi connectivity index (χ2v) is 8.73. The van der Waals surface area contributed by atoms with Gasteiger partial charge in [-0.05, 0) is 31.2 Å². The maximum absolute atomic E-state index is 14.4. The van der Waals surface area contributed by atoms with Crippen LogP contribution in [0.25, 0.3) is 0 Å². The van der Waals surface area contributed by atoms with E-state index in [1.807, 2.05) is 0 Å². The number of nitrogen functional groups attached to an aromatic ring is 1. The molecule has 0 saturated carbocycles. The van der Waals surface area contributed by atoms with Gasteiger partial charge in [-0.25, -0.2) is 17.8 Å². The Labute approximate surface area is 176 Å². The third-order valence-electron chi connectivity index (χ3n) is 4.40. The van der Waals surface area contributed by atoms with Crippen LogP contribution in [0.5, 0.6) is 11.6 Å². The van der Waals surface area contributed by atoms with Gasteiger partial charge in [0.05, 0.1) is 46.4 Å². The van der Waals surface area contributed by atoms with Gasteiger partial charge in [-0.15, -0.1) is 0 Å². The number of hydrogen-bond acceptors (Lipinski definition) is 8. The molecule has 9 nitrogen and oxygen atoms in total. The number of sulfone groups is 1. The monoisotopic (exact) mass is 440 g/mol. The highest BCUT2D eigenvalue weighted by atomic mass is 32.2. The zero-order valence-electron chi connectivity index (χ0n) is 19.0. The van der Waals surface area contributed by atoms with Crippen molar-refractivity contribution in [1.82, 2.24) is 9.88 Å². The van der Waals surface area contributed by atoms with E-state index in [0.29, 0.717) is 4.90 Å². The van der Waals surface area contributed by atoms with E-state index >= 15 is 0 Å². The Bertz CT molecular complexity index is 1200. The number of imide groups is 1. The molecule has 0 bridgehead atoms. The Morgan fingerprint density at radius 2 is 1.93 bits per heavy atom. The van der Waals surface area contributed by atoms with Crippen molar-refractivity contribution in [3.05, 3.63) is 46.9 Å². The molecule has 1 aliphatic rings. The van der Waals surface area contributed by atoms with Gasteiger partial charge in [0.2, 0.25) is 0 Å². The molecule has 0 saturated heterocycles. The lowest BCUT2D eigenvalue weighted by molar-refractivity contribution is 0.0593. The summed E-state index contributed by atoms with van der Waals surface area (Å²) in [5.74, 6) is -4.32. The summed E-state index contributed by atoms with van der Waals surface area (Å²) < 4.78 is 70.6. The van der Waals surface area contributed by atoms with Crippen LogP contribution in [0.1, 0.15) is 43.5 Å². The van der Waals surface area contributed by atoms with Gasteiger partial charge in [0.1, 0.15) is 15.7 Å². The predicted octanol–water partition coefficient (Wildman–Crippen LogP) is 1.59. The van der Waals surface area contributed by atoms with E-state index in [1.54, 1.807) is 6.92 Å². The number of amides is 2. The van der Waals surface area contributed by atoms with Gasteiger partial charge in [-0.1, -0.05) is 0 Å². The number of benzene rings is 1. The quantitative estimate of drug-likeness (QED) is 0.508. The SMILES string of the molecule is [2H]C([2H])([2H])Oc1ccc([C@@H](CS(C)(=O)=O)N2C(=O)c3c(N)ccc(F)c3C2=O)nc1OCC. The average molecular weight is 440 g/mol. The number of carbonyl (C=O) groups is 2. The Kier molecular flexibility index (Phi) is 4.64. The minimum atomic E-state index is -3.80. The fourth-order valence-electron chi connectivity index (χ4n) is 3.17. The number of anilines is 1. The first-order valence-corrected chi connectivity index (χ1v) is 10.8. The number of nitrogens with two attached hydrogens (primary N) is 1. The summed E-state index contributed by atoms with van der Waals surface area (Å²) in [4.78, 5) is 30.8. The van der Waals surface area contributed by atoms with Crippen LogP contribution < -0.4 is 15.2 Å². The summed E-state index contributed by atoms with van der Waals surface area (Å²) in [5, 5.41) is 0. The maximum atomic E-state index is 14.4. The lowest BCUT2D eigenvalue weighted by Crippen LogP contribution is -2.38. The van der Waals surface area contributed by atoms with Crippen molar-refractivity contribution in [2.45, 2.75) is 13.0 Å². The number of aromatic nitrogens is 1. The number of rotatable bonds is 7. The Hall–Kier alpha value is -3.21. The predicted molar refractivity (Wildman–Crippen MR) is 106 cm³/mol. The molecule has 160 valence electrons. The second-order valence-electron chi connectivity index (χ2n) is 6.55. The molecule has 2 aromatic rings. The Balaban J connectivity index is 2.14. The van der Waals surface area contributed by atoms with Gasteiger partial charge in [-0.3, -0.25) is 14.5 Å². The van der Waals surface area contributed by atoms with E-state index in [4.69, 9.17) is 19.3 Å². The zero-order valence-corrected chi connectivity index (χ0v) is 16.8. The number of nitrogens with zero attached hydrogens (tertiary/aromatic N) is 2. The molecule has 2 heterocycles. The van der Waals surface area contributed by atoms with Crippen LogP contribution in [0.2, 0.25) is 0 Å². The highest BCUT2D eigenvalue weighted by Crippen LogP contribution is 2.37. The van der Waals surface area contributed by atoms with Gasteiger partial charge in [0.25, 0.3) is 17.7 Å². The number of hydrogen-bond donors (Lipinski definition) is 1. The fourth-order valence-corrected chi connectivity index (χ4v) is 4.07. The van der Waals surface area contributed by atoms with Gasteiger partial charge in [0, 0.05) is 11.9 Å². The lowest BCUT2D eigenvalue weighted by atomic mass is 10.1. The van der Waals surface area contributed by atoms with Crippen LogP contribution in [0.4, 0.5) is 10.1 Å². The van der Waals surface area contributed by atoms with E-state index < -0.39 is 51.9 Å². The first kappa shape index (κ1) is 17.6. The van der Waals surface area contributed by atoms with Gasteiger partial charge in [-0.2, -0.15) is 0 Å².